The maximum absolute atomic E-state index is 10.3. The lowest BCUT2D eigenvalue weighted by Gasteiger charge is -2.09. The molecule has 0 saturated heterocycles. The molecule has 56 valence electrons. The number of hydrogen-bond donors (Lipinski definition) is 1. The topological polar surface area (TPSA) is 52.3 Å². The van der Waals surface area contributed by atoms with Gasteiger partial charge in [0.25, 0.3) is 0 Å². The Hall–Kier alpha value is -0.730. The summed E-state index contributed by atoms with van der Waals surface area (Å²) in [5.41, 5.74) is 4.87. The van der Waals surface area contributed by atoms with E-state index in [1.807, 2.05) is 0 Å². The van der Waals surface area contributed by atoms with Crippen molar-refractivity contribution in [2.45, 2.75) is 25.4 Å². The molecule has 3 heteroatoms. The smallest absolute Gasteiger partial charge is 0.404 e. The van der Waals surface area contributed by atoms with Crippen molar-refractivity contribution in [3.63, 3.8) is 0 Å². The zero-order valence-electron chi connectivity index (χ0n) is 5.75. The SMILES string of the molecule is NC(=O)O[C@@H]1C[C@@H]2C[C@@H]2C1. The highest BCUT2D eigenvalue weighted by Crippen LogP contribution is 2.52. The minimum atomic E-state index is -0.619. The Kier molecular flexibility index (Phi) is 1.13. The van der Waals surface area contributed by atoms with Crippen LogP contribution in [0.25, 0.3) is 0 Å². The fourth-order valence-corrected chi connectivity index (χ4v) is 1.92. The van der Waals surface area contributed by atoms with Gasteiger partial charge in [-0.3, -0.25) is 0 Å². The normalized spacial score (nSPS) is 42.6. The maximum Gasteiger partial charge on any atom is 0.404 e. The number of nitrogens with two attached hydrogens (primary N) is 1. The minimum Gasteiger partial charge on any atom is -0.446 e. The van der Waals surface area contributed by atoms with Gasteiger partial charge in [-0.15, -0.1) is 0 Å². The predicted octanol–water partition coefficient (Wildman–Crippen LogP) is 0.880. The lowest BCUT2D eigenvalue weighted by Crippen LogP contribution is -2.21. The summed E-state index contributed by atoms with van der Waals surface area (Å²) in [7, 11) is 0. The Morgan fingerprint density at radius 1 is 1.30 bits per heavy atom. The van der Waals surface area contributed by atoms with Gasteiger partial charge in [-0.25, -0.2) is 4.79 Å². The van der Waals surface area contributed by atoms with Gasteiger partial charge in [0.15, 0.2) is 0 Å². The van der Waals surface area contributed by atoms with E-state index in [4.69, 9.17) is 10.5 Å². The van der Waals surface area contributed by atoms with E-state index >= 15 is 0 Å². The first kappa shape index (κ1) is 6.01. The maximum atomic E-state index is 10.3. The number of primary amides is 1. The van der Waals surface area contributed by atoms with E-state index in [2.05, 4.69) is 0 Å². The van der Waals surface area contributed by atoms with Crippen LogP contribution in [0.3, 0.4) is 0 Å². The average Bonchev–Trinajstić information content (AvgIpc) is 2.39. The highest BCUT2D eigenvalue weighted by atomic mass is 16.6. The molecule has 0 unspecified atom stereocenters. The molecule has 0 aromatic heterocycles. The third-order valence-corrected chi connectivity index (χ3v) is 2.48. The van der Waals surface area contributed by atoms with Crippen molar-refractivity contribution in [2.24, 2.45) is 17.6 Å². The number of carbonyl (C=O) groups excluding carboxylic acids is 1. The monoisotopic (exact) mass is 141 g/mol. The molecular weight excluding hydrogens is 130 g/mol. The van der Waals surface area contributed by atoms with E-state index in [1.165, 1.54) is 6.42 Å². The molecule has 2 aliphatic carbocycles. The van der Waals surface area contributed by atoms with Crippen LogP contribution in [0.2, 0.25) is 0 Å². The molecule has 2 saturated carbocycles. The van der Waals surface area contributed by atoms with Crippen LogP contribution in [0.15, 0.2) is 0 Å². The van der Waals surface area contributed by atoms with Crippen molar-refractivity contribution < 1.29 is 9.53 Å². The van der Waals surface area contributed by atoms with Gasteiger partial charge >= 0.3 is 6.09 Å². The zero-order valence-corrected chi connectivity index (χ0v) is 5.75. The number of hydrogen-bond acceptors (Lipinski definition) is 2. The number of ether oxygens (including phenoxy) is 1. The van der Waals surface area contributed by atoms with E-state index in [-0.39, 0.29) is 6.10 Å². The third-order valence-electron chi connectivity index (χ3n) is 2.48. The molecule has 0 aromatic carbocycles. The van der Waals surface area contributed by atoms with Crippen LogP contribution in [-0.4, -0.2) is 12.2 Å². The first-order chi connectivity index (χ1) is 4.75. The second kappa shape index (κ2) is 1.87. The summed E-state index contributed by atoms with van der Waals surface area (Å²) in [4.78, 5) is 10.3. The Morgan fingerprint density at radius 3 is 2.40 bits per heavy atom. The molecule has 0 radical (unpaired) electrons. The van der Waals surface area contributed by atoms with Crippen LogP contribution in [0, 0.1) is 11.8 Å². The van der Waals surface area contributed by atoms with Gasteiger partial charge in [0.2, 0.25) is 0 Å². The number of fused-ring (bicyclic) bond motifs is 1. The van der Waals surface area contributed by atoms with Crippen molar-refractivity contribution in [3.05, 3.63) is 0 Å². The van der Waals surface area contributed by atoms with Crippen molar-refractivity contribution >= 4 is 6.09 Å². The van der Waals surface area contributed by atoms with Crippen molar-refractivity contribution in [2.75, 3.05) is 0 Å². The third kappa shape index (κ3) is 0.958. The van der Waals surface area contributed by atoms with Crippen LogP contribution in [-0.2, 0) is 4.74 Å². The Labute approximate surface area is 59.5 Å². The van der Waals surface area contributed by atoms with E-state index in [0.29, 0.717) is 0 Å². The second-order valence-electron chi connectivity index (χ2n) is 3.29. The Morgan fingerprint density at radius 2 is 1.90 bits per heavy atom. The molecule has 0 spiro atoms. The molecular formula is C7H11NO2. The highest BCUT2D eigenvalue weighted by Gasteiger charge is 2.47. The molecule has 2 aliphatic rings. The lowest BCUT2D eigenvalue weighted by atomic mass is 10.2. The van der Waals surface area contributed by atoms with Gasteiger partial charge in [-0.05, 0) is 31.1 Å². The van der Waals surface area contributed by atoms with Gasteiger partial charge in [-0.2, -0.15) is 0 Å². The summed E-state index contributed by atoms with van der Waals surface area (Å²) >= 11 is 0. The molecule has 0 heterocycles. The van der Waals surface area contributed by atoms with Crippen molar-refractivity contribution in [1.82, 2.24) is 0 Å². The first-order valence-electron chi connectivity index (χ1n) is 3.72. The molecule has 3 atom stereocenters. The first-order valence-corrected chi connectivity index (χ1v) is 3.72. The van der Waals surface area contributed by atoms with Crippen molar-refractivity contribution in [3.8, 4) is 0 Å². The van der Waals surface area contributed by atoms with E-state index in [0.717, 1.165) is 24.7 Å². The number of amides is 1. The van der Waals surface area contributed by atoms with Crippen molar-refractivity contribution in [1.29, 1.82) is 0 Å². The molecule has 2 N–H and O–H groups in total. The molecule has 2 rings (SSSR count). The van der Waals surface area contributed by atoms with Crippen LogP contribution in [0.5, 0.6) is 0 Å². The van der Waals surface area contributed by atoms with Crippen LogP contribution < -0.4 is 5.73 Å². The molecule has 0 aliphatic heterocycles. The molecule has 2 fully saturated rings. The molecule has 10 heavy (non-hydrogen) atoms. The van der Waals surface area contributed by atoms with Gasteiger partial charge in [0, 0.05) is 0 Å². The van der Waals surface area contributed by atoms with Crippen LogP contribution >= 0.6 is 0 Å². The summed E-state index contributed by atoms with van der Waals surface area (Å²) in [6, 6.07) is 0. The summed E-state index contributed by atoms with van der Waals surface area (Å²) in [5.74, 6) is 1.70. The quantitative estimate of drug-likeness (QED) is 0.589. The molecule has 1 amide bonds. The van der Waals surface area contributed by atoms with Gasteiger partial charge in [-0.1, -0.05) is 0 Å². The van der Waals surface area contributed by atoms with Crippen LogP contribution in [0.1, 0.15) is 19.3 Å². The number of rotatable bonds is 1. The molecule has 0 aromatic rings. The zero-order chi connectivity index (χ0) is 7.14. The summed E-state index contributed by atoms with van der Waals surface area (Å²) < 4.78 is 4.85. The largest absolute Gasteiger partial charge is 0.446 e. The second-order valence-corrected chi connectivity index (χ2v) is 3.29. The van der Waals surface area contributed by atoms with Gasteiger partial charge < -0.3 is 10.5 Å². The molecule has 0 bridgehead atoms. The predicted molar refractivity (Wildman–Crippen MR) is 35.3 cm³/mol. The Balaban J connectivity index is 1.80. The highest BCUT2D eigenvalue weighted by molar-refractivity contribution is 5.64. The average molecular weight is 141 g/mol. The van der Waals surface area contributed by atoms with Gasteiger partial charge in [0.05, 0.1) is 0 Å². The summed E-state index contributed by atoms with van der Waals surface area (Å²) in [6.45, 7) is 0. The minimum absolute atomic E-state index is 0.140. The Bertz CT molecular complexity index is 159. The summed E-state index contributed by atoms with van der Waals surface area (Å²) in [5, 5.41) is 0. The lowest BCUT2D eigenvalue weighted by molar-refractivity contribution is 0.103. The van der Waals surface area contributed by atoms with E-state index < -0.39 is 6.09 Å². The van der Waals surface area contributed by atoms with Crippen LogP contribution in [0.4, 0.5) is 4.79 Å². The fraction of sp³-hybridized carbons (Fsp3) is 0.857. The van der Waals surface area contributed by atoms with Gasteiger partial charge in [0.1, 0.15) is 6.10 Å². The van der Waals surface area contributed by atoms with E-state index in [1.54, 1.807) is 0 Å². The number of carbonyl (C=O) groups is 1. The standard InChI is InChI=1S/C7H11NO2/c8-7(9)10-6-2-4-1-5(4)3-6/h4-6H,1-3H2,(H2,8,9)/t4-,5+,6+. The fourth-order valence-electron chi connectivity index (χ4n) is 1.92. The summed E-state index contributed by atoms with van der Waals surface area (Å²) in [6.07, 6.45) is 2.97. The molecule has 3 nitrogen and oxygen atoms in total. The van der Waals surface area contributed by atoms with E-state index in [9.17, 15) is 4.79 Å².